The van der Waals surface area contributed by atoms with Crippen molar-refractivity contribution in [3.05, 3.63) is 0 Å². The minimum atomic E-state index is -0.0624. The van der Waals surface area contributed by atoms with Crippen LogP contribution in [0.1, 0.15) is 51.4 Å². The van der Waals surface area contributed by atoms with Crippen LogP contribution in [0, 0.1) is 11.8 Å². The Morgan fingerprint density at radius 1 is 0.800 bits per heavy atom. The number of β-amino-alcohol motifs (C(OH)–C–C–N with tert-alkyl or cyclic N) is 1. The standard InChI is InChI=1S/C17H32N2O/c20-17(16-5-1-2-6-16)14-19-11-7-15(8-12-19)13-18-9-3-4-10-18/h15-17,20H,1-14H2. The Hall–Kier alpha value is -0.120. The normalized spacial score (nSPS) is 29.2. The van der Waals surface area contributed by atoms with Crippen LogP contribution in [0.15, 0.2) is 0 Å². The summed E-state index contributed by atoms with van der Waals surface area (Å²) in [6.45, 7) is 7.35. The molecule has 1 atom stereocenters. The maximum Gasteiger partial charge on any atom is 0.0695 e. The second kappa shape index (κ2) is 7.24. The summed E-state index contributed by atoms with van der Waals surface area (Å²) in [6, 6.07) is 0. The largest absolute Gasteiger partial charge is 0.392 e. The molecule has 3 heteroatoms. The van der Waals surface area contributed by atoms with Crippen LogP contribution in [-0.2, 0) is 0 Å². The number of hydrogen-bond acceptors (Lipinski definition) is 3. The van der Waals surface area contributed by atoms with E-state index < -0.39 is 0 Å². The van der Waals surface area contributed by atoms with E-state index in [0.717, 1.165) is 12.5 Å². The van der Waals surface area contributed by atoms with E-state index in [0.29, 0.717) is 5.92 Å². The zero-order valence-electron chi connectivity index (χ0n) is 13.0. The highest BCUT2D eigenvalue weighted by Crippen LogP contribution is 2.29. The molecule has 1 saturated carbocycles. The average molecular weight is 280 g/mol. The van der Waals surface area contributed by atoms with Crippen LogP contribution < -0.4 is 0 Å². The fourth-order valence-electron chi connectivity index (χ4n) is 4.44. The van der Waals surface area contributed by atoms with Crippen molar-refractivity contribution in [3.63, 3.8) is 0 Å². The predicted octanol–water partition coefficient (Wildman–Crippen LogP) is 2.35. The molecule has 1 N–H and O–H groups in total. The molecule has 0 aromatic rings. The first kappa shape index (κ1) is 14.8. The molecule has 3 rings (SSSR count). The van der Waals surface area contributed by atoms with Crippen molar-refractivity contribution in [2.45, 2.75) is 57.5 Å². The van der Waals surface area contributed by atoms with E-state index in [1.54, 1.807) is 0 Å². The maximum absolute atomic E-state index is 10.3. The van der Waals surface area contributed by atoms with Gasteiger partial charge in [0.1, 0.15) is 0 Å². The molecule has 0 amide bonds. The Morgan fingerprint density at radius 3 is 2.10 bits per heavy atom. The monoisotopic (exact) mass is 280 g/mol. The first-order chi connectivity index (χ1) is 9.81. The maximum atomic E-state index is 10.3. The smallest absolute Gasteiger partial charge is 0.0695 e. The van der Waals surface area contributed by atoms with Crippen molar-refractivity contribution in [3.8, 4) is 0 Å². The van der Waals surface area contributed by atoms with Crippen LogP contribution in [0.3, 0.4) is 0 Å². The van der Waals surface area contributed by atoms with Crippen molar-refractivity contribution < 1.29 is 5.11 Å². The van der Waals surface area contributed by atoms with Gasteiger partial charge in [0.15, 0.2) is 0 Å². The first-order valence-corrected chi connectivity index (χ1v) is 8.94. The van der Waals surface area contributed by atoms with Gasteiger partial charge in [0.25, 0.3) is 0 Å². The van der Waals surface area contributed by atoms with Crippen LogP contribution >= 0.6 is 0 Å². The zero-order valence-corrected chi connectivity index (χ0v) is 13.0. The van der Waals surface area contributed by atoms with Gasteiger partial charge in [-0.1, -0.05) is 12.8 Å². The summed E-state index contributed by atoms with van der Waals surface area (Å²) in [5.41, 5.74) is 0. The summed E-state index contributed by atoms with van der Waals surface area (Å²) in [7, 11) is 0. The number of aliphatic hydroxyl groups excluding tert-OH is 1. The summed E-state index contributed by atoms with van der Waals surface area (Å²) in [5, 5.41) is 10.3. The van der Waals surface area contributed by atoms with Gasteiger partial charge in [-0.05, 0) is 76.5 Å². The van der Waals surface area contributed by atoms with Crippen LogP contribution in [-0.4, -0.2) is 60.3 Å². The molecule has 3 nitrogen and oxygen atoms in total. The van der Waals surface area contributed by atoms with Gasteiger partial charge < -0.3 is 14.9 Å². The number of piperidine rings is 1. The molecule has 1 unspecified atom stereocenters. The third kappa shape index (κ3) is 3.96. The molecule has 0 bridgehead atoms. The predicted molar refractivity (Wildman–Crippen MR) is 82.8 cm³/mol. The molecule has 1 aliphatic carbocycles. The molecule has 0 radical (unpaired) electrons. The molecule has 116 valence electrons. The summed E-state index contributed by atoms with van der Waals surface area (Å²) < 4.78 is 0. The lowest BCUT2D eigenvalue weighted by Gasteiger charge is -2.35. The van der Waals surface area contributed by atoms with Gasteiger partial charge in [-0.25, -0.2) is 0 Å². The number of rotatable bonds is 5. The van der Waals surface area contributed by atoms with E-state index in [4.69, 9.17) is 0 Å². The van der Waals surface area contributed by atoms with Crippen molar-refractivity contribution in [1.29, 1.82) is 0 Å². The first-order valence-electron chi connectivity index (χ1n) is 8.94. The Balaban J connectivity index is 1.35. The Morgan fingerprint density at radius 2 is 1.45 bits per heavy atom. The lowest BCUT2D eigenvalue weighted by molar-refractivity contribution is 0.0486. The van der Waals surface area contributed by atoms with Gasteiger partial charge in [-0.3, -0.25) is 0 Å². The topological polar surface area (TPSA) is 26.7 Å². The molecule has 2 saturated heterocycles. The molecular weight excluding hydrogens is 248 g/mol. The molecule has 0 spiro atoms. The van der Waals surface area contributed by atoms with Gasteiger partial charge in [-0.15, -0.1) is 0 Å². The molecule has 2 heterocycles. The second-order valence-electron chi connectivity index (χ2n) is 7.36. The molecule has 3 fully saturated rings. The summed E-state index contributed by atoms with van der Waals surface area (Å²) in [4.78, 5) is 5.18. The zero-order chi connectivity index (χ0) is 13.8. The van der Waals surface area contributed by atoms with E-state index >= 15 is 0 Å². The highest BCUT2D eigenvalue weighted by Gasteiger charge is 2.27. The van der Waals surface area contributed by atoms with E-state index in [9.17, 15) is 5.11 Å². The van der Waals surface area contributed by atoms with Crippen LogP contribution in [0.5, 0.6) is 0 Å². The van der Waals surface area contributed by atoms with Gasteiger partial charge in [0.2, 0.25) is 0 Å². The van der Waals surface area contributed by atoms with Crippen molar-refractivity contribution in [2.24, 2.45) is 11.8 Å². The molecule has 20 heavy (non-hydrogen) atoms. The second-order valence-corrected chi connectivity index (χ2v) is 7.36. The van der Waals surface area contributed by atoms with E-state index in [1.807, 2.05) is 0 Å². The van der Waals surface area contributed by atoms with Crippen molar-refractivity contribution in [1.82, 2.24) is 9.80 Å². The van der Waals surface area contributed by atoms with E-state index in [-0.39, 0.29) is 6.10 Å². The number of hydrogen-bond donors (Lipinski definition) is 1. The minimum absolute atomic E-state index is 0.0624. The average Bonchev–Trinajstić information content (AvgIpc) is 3.13. The van der Waals surface area contributed by atoms with Gasteiger partial charge in [-0.2, -0.15) is 0 Å². The Bertz CT molecular complexity index is 277. The highest BCUT2D eigenvalue weighted by atomic mass is 16.3. The molecule has 2 aliphatic heterocycles. The van der Waals surface area contributed by atoms with Crippen LogP contribution in [0.25, 0.3) is 0 Å². The summed E-state index contributed by atoms with van der Waals surface area (Å²) >= 11 is 0. The molecular formula is C17H32N2O. The van der Waals surface area contributed by atoms with Gasteiger partial charge >= 0.3 is 0 Å². The number of nitrogens with zero attached hydrogens (tertiary/aromatic N) is 2. The van der Waals surface area contributed by atoms with Gasteiger partial charge in [0, 0.05) is 13.1 Å². The van der Waals surface area contributed by atoms with Crippen molar-refractivity contribution >= 4 is 0 Å². The van der Waals surface area contributed by atoms with Crippen molar-refractivity contribution in [2.75, 3.05) is 39.3 Å². The van der Waals surface area contributed by atoms with Gasteiger partial charge in [0.05, 0.1) is 6.10 Å². The highest BCUT2D eigenvalue weighted by molar-refractivity contribution is 4.81. The summed E-state index contributed by atoms with van der Waals surface area (Å²) in [6.07, 6.45) is 10.6. The molecule has 0 aromatic heterocycles. The fourth-order valence-corrected chi connectivity index (χ4v) is 4.44. The Kier molecular flexibility index (Phi) is 5.36. The lowest BCUT2D eigenvalue weighted by atomic mass is 9.94. The third-order valence-corrected chi connectivity index (χ3v) is 5.81. The fraction of sp³-hybridized carbons (Fsp3) is 1.00. The molecule has 3 aliphatic rings. The van der Waals surface area contributed by atoms with E-state index in [1.165, 1.54) is 84.1 Å². The SMILES string of the molecule is OC(CN1CCC(CN2CCCC2)CC1)C1CCCC1. The van der Waals surface area contributed by atoms with Crippen LogP contribution in [0.2, 0.25) is 0 Å². The van der Waals surface area contributed by atoms with Crippen LogP contribution in [0.4, 0.5) is 0 Å². The molecule has 0 aromatic carbocycles. The Labute approximate surface area is 124 Å². The minimum Gasteiger partial charge on any atom is -0.392 e. The van der Waals surface area contributed by atoms with E-state index in [2.05, 4.69) is 9.80 Å². The summed E-state index contributed by atoms with van der Waals surface area (Å²) in [5.74, 6) is 1.50. The third-order valence-electron chi connectivity index (χ3n) is 5.81. The lowest BCUT2D eigenvalue weighted by Crippen LogP contribution is -2.42. The number of aliphatic hydroxyl groups is 1. The quantitative estimate of drug-likeness (QED) is 0.837. The number of likely N-dealkylation sites (tertiary alicyclic amines) is 2.